The van der Waals surface area contributed by atoms with Crippen LogP contribution in [-0.2, 0) is 0 Å². The summed E-state index contributed by atoms with van der Waals surface area (Å²) in [5, 5.41) is 20.9. The molecule has 5 fully saturated rings. The summed E-state index contributed by atoms with van der Waals surface area (Å²) in [7, 11) is 0. The zero-order valence-corrected chi connectivity index (χ0v) is 12.4. The van der Waals surface area contributed by atoms with Gasteiger partial charge in [-0.15, -0.1) is 0 Å². The molecule has 20 heavy (non-hydrogen) atoms. The van der Waals surface area contributed by atoms with Gasteiger partial charge in [0, 0.05) is 0 Å². The number of nitrogens with zero attached hydrogens (tertiary/aromatic N) is 1. The van der Waals surface area contributed by atoms with Crippen LogP contribution in [0, 0.1) is 46.8 Å². The van der Waals surface area contributed by atoms with E-state index in [1.807, 2.05) is 0 Å². The van der Waals surface area contributed by atoms with Crippen LogP contribution in [0.1, 0.15) is 64.2 Å². The normalized spacial score (nSPS) is 46.9. The van der Waals surface area contributed by atoms with Crippen LogP contribution < -0.4 is 0 Å². The van der Waals surface area contributed by atoms with E-state index in [-0.39, 0.29) is 5.92 Å². The highest BCUT2D eigenvalue weighted by Gasteiger charge is 2.54. The lowest BCUT2D eigenvalue weighted by molar-refractivity contribution is -0.118. The molecule has 1 atom stereocenters. The van der Waals surface area contributed by atoms with Crippen LogP contribution in [0.15, 0.2) is 0 Å². The molecule has 0 aromatic rings. The van der Waals surface area contributed by atoms with Crippen LogP contribution in [0.2, 0.25) is 0 Å². The van der Waals surface area contributed by atoms with Gasteiger partial charge in [0.1, 0.15) is 0 Å². The van der Waals surface area contributed by atoms with Gasteiger partial charge in [-0.25, -0.2) is 0 Å². The molecule has 4 bridgehead atoms. The maximum Gasteiger partial charge on any atom is 0.0808 e. The third kappa shape index (κ3) is 1.93. The van der Waals surface area contributed by atoms with Gasteiger partial charge in [-0.1, -0.05) is 19.3 Å². The first-order valence-corrected chi connectivity index (χ1v) is 8.81. The van der Waals surface area contributed by atoms with Gasteiger partial charge in [-0.05, 0) is 74.5 Å². The van der Waals surface area contributed by atoms with Crippen molar-refractivity contribution in [3.05, 3.63) is 0 Å². The third-order valence-corrected chi connectivity index (χ3v) is 7.12. The molecule has 5 saturated carbocycles. The van der Waals surface area contributed by atoms with Crippen molar-refractivity contribution in [2.75, 3.05) is 0 Å². The molecule has 0 aromatic heterocycles. The Morgan fingerprint density at radius 3 is 1.95 bits per heavy atom. The van der Waals surface area contributed by atoms with Crippen LogP contribution in [0.25, 0.3) is 0 Å². The summed E-state index contributed by atoms with van der Waals surface area (Å²) >= 11 is 0. The number of nitriles is 1. The number of hydrogen-bond donors (Lipinski definition) is 1. The minimum absolute atomic E-state index is 0.0854. The van der Waals surface area contributed by atoms with Crippen LogP contribution in [-0.4, -0.2) is 10.7 Å². The molecular formula is C18H27NO. The fourth-order valence-corrected chi connectivity index (χ4v) is 6.55. The van der Waals surface area contributed by atoms with Gasteiger partial charge in [-0.2, -0.15) is 5.26 Å². The van der Waals surface area contributed by atoms with Crippen LogP contribution in [0.5, 0.6) is 0 Å². The van der Waals surface area contributed by atoms with Crippen LogP contribution >= 0.6 is 0 Å². The van der Waals surface area contributed by atoms with Crippen molar-refractivity contribution >= 4 is 0 Å². The summed E-state index contributed by atoms with van der Waals surface area (Å²) in [5.41, 5.74) is -0.660. The molecule has 2 nitrogen and oxygen atoms in total. The smallest absolute Gasteiger partial charge is 0.0808 e. The van der Waals surface area contributed by atoms with Crippen molar-refractivity contribution < 1.29 is 5.11 Å². The van der Waals surface area contributed by atoms with E-state index in [4.69, 9.17) is 0 Å². The van der Waals surface area contributed by atoms with Gasteiger partial charge >= 0.3 is 0 Å². The van der Waals surface area contributed by atoms with Gasteiger partial charge in [0.15, 0.2) is 0 Å². The van der Waals surface area contributed by atoms with Crippen LogP contribution in [0.3, 0.4) is 0 Å². The Hall–Kier alpha value is -0.550. The fraction of sp³-hybridized carbons (Fsp3) is 0.944. The van der Waals surface area contributed by atoms with Gasteiger partial charge in [0.25, 0.3) is 0 Å². The Morgan fingerprint density at radius 2 is 1.45 bits per heavy atom. The summed E-state index contributed by atoms with van der Waals surface area (Å²) < 4.78 is 0. The molecule has 0 amide bonds. The standard InChI is InChI=1S/C18H27NO/c19-11-16(18(20)4-2-1-3-5-18)17-14-7-12-6-13(9-14)10-15(17)8-12/h12-17,20H,1-10H2. The molecular weight excluding hydrogens is 246 g/mol. The summed E-state index contributed by atoms with van der Waals surface area (Å²) in [5.74, 6) is 3.83. The third-order valence-electron chi connectivity index (χ3n) is 7.12. The highest BCUT2D eigenvalue weighted by molar-refractivity contribution is 5.10. The zero-order chi connectivity index (χ0) is 13.7. The van der Waals surface area contributed by atoms with Gasteiger partial charge in [0.05, 0.1) is 17.6 Å². The summed E-state index contributed by atoms with van der Waals surface area (Å²) in [6, 6.07) is 2.59. The molecule has 5 rings (SSSR count). The van der Waals surface area contributed by atoms with E-state index in [9.17, 15) is 10.4 Å². The van der Waals surface area contributed by atoms with E-state index >= 15 is 0 Å². The zero-order valence-electron chi connectivity index (χ0n) is 12.4. The molecule has 1 N–H and O–H groups in total. The molecule has 110 valence electrons. The molecule has 0 spiro atoms. The minimum atomic E-state index is -0.660. The topological polar surface area (TPSA) is 44.0 Å². The second-order valence-corrected chi connectivity index (χ2v) is 8.28. The predicted octanol–water partition coefficient (Wildman–Crippen LogP) is 3.89. The molecule has 5 aliphatic carbocycles. The van der Waals surface area contributed by atoms with E-state index in [0.29, 0.717) is 5.92 Å². The summed E-state index contributed by atoms with van der Waals surface area (Å²) in [4.78, 5) is 0. The predicted molar refractivity (Wildman–Crippen MR) is 77.7 cm³/mol. The Kier molecular flexibility index (Phi) is 3.11. The monoisotopic (exact) mass is 273 g/mol. The van der Waals surface area contributed by atoms with Crippen molar-refractivity contribution in [1.82, 2.24) is 0 Å². The maximum absolute atomic E-state index is 11.1. The quantitative estimate of drug-likeness (QED) is 0.829. The van der Waals surface area contributed by atoms with E-state index in [1.165, 1.54) is 38.5 Å². The molecule has 2 heteroatoms. The number of hydrogen-bond acceptors (Lipinski definition) is 2. The Labute approximate surface area is 122 Å². The van der Waals surface area contributed by atoms with Crippen molar-refractivity contribution in [2.45, 2.75) is 69.8 Å². The maximum atomic E-state index is 11.1. The first-order chi connectivity index (χ1) is 9.69. The first-order valence-electron chi connectivity index (χ1n) is 8.81. The fourth-order valence-electron chi connectivity index (χ4n) is 6.55. The molecule has 0 heterocycles. The van der Waals surface area contributed by atoms with Gasteiger partial charge < -0.3 is 5.11 Å². The molecule has 5 aliphatic rings. The largest absolute Gasteiger partial charge is 0.389 e. The Balaban J connectivity index is 1.60. The Morgan fingerprint density at radius 1 is 0.900 bits per heavy atom. The second-order valence-electron chi connectivity index (χ2n) is 8.28. The lowest BCUT2D eigenvalue weighted by Crippen LogP contribution is -2.53. The average Bonchev–Trinajstić information content (AvgIpc) is 2.42. The molecule has 0 radical (unpaired) electrons. The second kappa shape index (κ2) is 4.73. The lowest BCUT2D eigenvalue weighted by Gasteiger charge is -2.57. The number of aliphatic hydroxyl groups is 1. The van der Waals surface area contributed by atoms with Crippen LogP contribution in [0.4, 0.5) is 0 Å². The van der Waals surface area contributed by atoms with Crippen molar-refractivity contribution in [3.63, 3.8) is 0 Å². The van der Waals surface area contributed by atoms with Gasteiger partial charge in [0.2, 0.25) is 0 Å². The summed E-state index contributed by atoms with van der Waals surface area (Å²) in [6.45, 7) is 0. The van der Waals surface area contributed by atoms with E-state index < -0.39 is 5.60 Å². The van der Waals surface area contributed by atoms with Crippen molar-refractivity contribution in [1.29, 1.82) is 5.26 Å². The van der Waals surface area contributed by atoms with E-state index in [1.54, 1.807) is 0 Å². The molecule has 1 unspecified atom stereocenters. The SMILES string of the molecule is N#CC(C1C2CC3CC(C2)CC1C3)C1(O)CCCCC1. The average molecular weight is 273 g/mol. The van der Waals surface area contributed by atoms with Crippen molar-refractivity contribution in [2.24, 2.45) is 35.5 Å². The number of rotatable bonds is 2. The first kappa shape index (κ1) is 13.1. The highest BCUT2D eigenvalue weighted by Crippen LogP contribution is 2.60. The molecule has 0 saturated heterocycles. The highest BCUT2D eigenvalue weighted by atomic mass is 16.3. The van der Waals surface area contributed by atoms with Gasteiger partial charge in [-0.3, -0.25) is 0 Å². The van der Waals surface area contributed by atoms with Crippen molar-refractivity contribution in [3.8, 4) is 6.07 Å². The summed E-state index contributed by atoms with van der Waals surface area (Å²) in [6.07, 6.45) is 12.1. The minimum Gasteiger partial charge on any atom is -0.389 e. The molecule has 0 aliphatic heterocycles. The Bertz CT molecular complexity index is 390. The molecule has 0 aromatic carbocycles. The van der Waals surface area contributed by atoms with E-state index in [2.05, 4.69) is 6.07 Å². The van der Waals surface area contributed by atoms with E-state index in [0.717, 1.165) is 49.4 Å². The lowest BCUT2D eigenvalue weighted by atomic mass is 9.48.